The van der Waals surface area contributed by atoms with Gasteiger partial charge in [0.2, 0.25) is 0 Å². The lowest BCUT2D eigenvalue weighted by Crippen LogP contribution is -2.57. The molecule has 0 amide bonds. The molecule has 0 aromatic rings. The second-order valence-electron chi connectivity index (χ2n) is 4.89. The number of hydrogen-bond donors (Lipinski definition) is 0. The number of hydrogen-bond acceptors (Lipinski definition) is 2. The van der Waals surface area contributed by atoms with Crippen LogP contribution in [0.15, 0.2) is 12.3 Å². The van der Waals surface area contributed by atoms with Crippen LogP contribution in [-0.4, -0.2) is 41.0 Å². The van der Waals surface area contributed by atoms with Gasteiger partial charge in [-0.05, 0) is 34.6 Å². The van der Waals surface area contributed by atoms with Gasteiger partial charge >= 0.3 is 0 Å². The quantitative estimate of drug-likeness (QED) is 0.669. The van der Waals surface area contributed by atoms with Crippen LogP contribution in [0, 0.1) is 0 Å². The maximum absolute atomic E-state index is 4.06. The van der Waals surface area contributed by atoms with E-state index in [1.807, 2.05) is 0 Å². The van der Waals surface area contributed by atoms with Crippen LogP contribution in [0.3, 0.4) is 0 Å². The van der Waals surface area contributed by atoms with Crippen molar-refractivity contribution in [2.24, 2.45) is 0 Å². The monoisotopic (exact) mass is 196 g/mol. The van der Waals surface area contributed by atoms with E-state index in [4.69, 9.17) is 0 Å². The molecule has 0 aromatic carbocycles. The van der Waals surface area contributed by atoms with Crippen LogP contribution in [0.5, 0.6) is 0 Å². The highest BCUT2D eigenvalue weighted by Crippen LogP contribution is 2.20. The number of allylic oxidation sites excluding steroid dienone is 1. The first-order valence-corrected chi connectivity index (χ1v) is 5.61. The molecule has 14 heavy (non-hydrogen) atoms. The van der Waals surface area contributed by atoms with Crippen molar-refractivity contribution in [2.75, 3.05) is 13.1 Å². The van der Waals surface area contributed by atoms with Crippen LogP contribution in [0.2, 0.25) is 0 Å². The van der Waals surface area contributed by atoms with E-state index in [0.717, 1.165) is 13.1 Å². The van der Waals surface area contributed by atoms with E-state index in [1.165, 1.54) is 5.70 Å². The molecule has 0 aromatic heterocycles. The van der Waals surface area contributed by atoms with Crippen molar-refractivity contribution in [3.05, 3.63) is 12.3 Å². The predicted molar refractivity (Wildman–Crippen MR) is 62.3 cm³/mol. The highest BCUT2D eigenvalue weighted by Gasteiger charge is 2.29. The summed E-state index contributed by atoms with van der Waals surface area (Å²) in [5, 5.41) is 0. The molecule has 1 heterocycles. The van der Waals surface area contributed by atoms with Gasteiger partial charge in [-0.3, -0.25) is 4.90 Å². The number of nitrogens with zero attached hydrogens (tertiary/aromatic N) is 2. The second-order valence-corrected chi connectivity index (χ2v) is 4.89. The van der Waals surface area contributed by atoms with E-state index in [-0.39, 0.29) is 0 Å². The van der Waals surface area contributed by atoms with Crippen molar-refractivity contribution < 1.29 is 0 Å². The molecule has 0 unspecified atom stereocenters. The summed E-state index contributed by atoms with van der Waals surface area (Å²) < 4.78 is 0. The average molecular weight is 196 g/mol. The van der Waals surface area contributed by atoms with Crippen molar-refractivity contribution in [3.8, 4) is 0 Å². The van der Waals surface area contributed by atoms with Crippen LogP contribution < -0.4 is 0 Å². The third kappa shape index (κ3) is 2.30. The highest BCUT2D eigenvalue weighted by molar-refractivity contribution is 4.99. The van der Waals surface area contributed by atoms with Gasteiger partial charge in [0.15, 0.2) is 0 Å². The molecule has 1 aliphatic heterocycles. The van der Waals surface area contributed by atoms with Crippen molar-refractivity contribution in [1.82, 2.24) is 9.80 Å². The SMILES string of the molecule is C=C(C)N1[C@H](C)CN(C(C)C)C[C@@H]1C. The average Bonchev–Trinajstić information content (AvgIpc) is 2.01. The lowest BCUT2D eigenvalue weighted by molar-refractivity contribution is 0.0483. The third-order valence-electron chi connectivity index (χ3n) is 3.12. The summed E-state index contributed by atoms with van der Waals surface area (Å²) in [6.45, 7) is 17.6. The summed E-state index contributed by atoms with van der Waals surface area (Å²) in [6.07, 6.45) is 0. The number of rotatable bonds is 2. The van der Waals surface area contributed by atoms with Gasteiger partial charge in [-0.1, -0.05) is 6.58 Å². The van der Waals surface area contributed by atoms with E-state index >= 15 is 0 Å². The Balaban J connectivity index is 2.68. The molecule has 0 aliphatic carbocycles. The van der Waals surface area contributed by atoms with Crippen LogP contribution in [0.1, 0.15) is 34.6 Å². The Kier molecular flexibility index (Phi) is 3.59. The topological polar surface area (TPSA) is 6.48 Å². The van der Waals surface area contributed by atoms with E-state index in [2.05, 4.69) is 51.0 Å². The predicted octanol–water partition coefficient (Wildman–Crippen LogP) is 2.32. The van der Waals surface area contributed by atoms with E-state index in [1.54, 1.807) is 0 Å². The van der Waals surface area contributed by atoms with Crippen LogP contribution in [-0.2, 0) is 0 Å². The lowest BCUT2D eigenvalue weighted by atomic mass is 10.1. The second kappa shape index (κ2) is 4.35. The zero-order valence-electron chi connectivity index (χ0n) is 10.2. The molecule has 0 spiro atoms. The largest absolute Gasteiger partial charge is 0.368 e. The lowest BCUT2D eigenvalue weighted by Gasteiger charge is -2.47. The number of piperazine rings is 1. The molecular weight excluding hydrogens is 172 g/mol. The summed E-state index contributed by atoms with van der Waals surface area (Å²) in [5.74, 6) is 0. The Morgan fingerprint density at radius 3 is 1.93 bits per heavy atom. The maximum Gasteiger partial charge on any atom is 0.0389 e. The third-order valence-corrected chi connectivity index (χ3v) is 3.12. The van der Waals surface area contributed by atoms with Gasteiger partial charge < -0.3 is 4.90 Å². The normalized spacial score (nSPS) is 29.7. The first kappa shape index (κ1) is 11.6. The van der Waals surface area contributed by atoms with E-state index < -0.39 is 0 Å². The van der Waals surface area contributed by atoms with Gasteiger partial charge in [0, 0.05) is 36.9 Å². The molecule has 1 rings (SSSR count). The Bertz CT molecular complexity index is 198. The molecule has 0 bridgehead atoms. The summed E-state index contributed by atoms with van der Waals surface area (Å²) in [7, 11) is 0. The van der Waals surface area contributed by atoms with Gasteiger partial charge in [-0.2, -0.15) is 0 Å². The molecular formula is C12H24N2. The molecule has 1 saturated heterocycles. The van der Waals surface area contributed by atoms with Gasteiger partial charge in [-0.25, -0.2) is 0 Å². The van der Waals surface area contributed by atoms with E-state index in [0.29, 0.717) is 18.1 Å². The molecule has 0 N–H and O–H groups in total. The summed E-state index contributed by atoms with van der Waals surface area (Å²) >= 11 is 0. The molecule has 0 saturated carbocycles. The van der Waals surface area contributed by atoms with Crippen molar-refractivity contribution in [2.45, 2.75) is 52.7 Å². The minimum atomic E-state index is 0.596. The Labute approximate surface area is 88.6 Å². The van der Waals surface area contributed by atoms with Crippen LogP contribution >= 0.6 is 0 Å². The minimum Gasteiger partial charge on any atom is -0.368 e. The van der Waals surface area contributed by atoms with Gasteiger partial charge in [0.1, 0.15) is 0 Å². The molecule has 2 nitrogen and oxygen atoms in total. The zero-order chi connectivity index (χ0) is 10.9. The summed E-state index contributed by atoms with van der Waals surface area (Å²) in [4.78, 5) is 4.99. The highest BCUT2D eigenvalue weighted by atomic mass is 15.3. The van der Waals surface area contributed by atoms with Crippen LogP contribution in [0.4, 0.5) is 0 Å². The summed E-state index contributed by atoms with van der Waals surface area (Å²) in [5.41, 5.74) is 1.20. The smallest absolute Gasteiger partial charge is 0.0389 e. The summed E-state index contributed by atoms with van der Waals surface area (Å²) in [6, 6.07) is 1.85. The molecule has 1 fully saturated rings. The van der Waals surface area contributed by atoms with Crippen molar-refractivity contribution >= 4 is 0 Å². The van der Waals surface area contributed by atoms with Crippen molar-refractivity contribution in [3.63, 3.8) is 0 Å². The first-order chi connectivity index (χ1) is 6.43. The fourth-order valence-electron chi connectivity index (χ4n) is 2.54. The molecule has 82 valence electrons. The van der Waals surface area contributed by atoms with Crippen LogP contribution in [0.25, 0.3) is 0 Å². The molecule has 0 radical (unpaired) electrons. The Morgan fingerprint density at radius 2 is 1.64 bits per heavy atom. The molecule has 2 atom stereocenters. The molecule has 1 aliphatic rings. The zero-order valence-corrected chi connectivity index (χ0v) is 10.2. The Morgan fingerprint density at radius 1 is 1.21 bits per heavy atom. The minimum absolute atomic E-state index is 0.596. The van der Waals surface area contributed by atoms with Gasteiger partial charge in [0.25, 0.3) is 0 Å². The standard InChI is InChI=1S/C12H24N2/c1-9(2)13-7-11(5)14(10(3)4)12(6)8-13/h9,11-12H,3,7-8H2,1-2,4-6H3/t11-,12+. The van der Waals surface area contributed by atoms with Gasteiger partial charge in [-0.15, -0.1) is 0 Å². The molecule has 2 heteroatoms. The maximum atomic E-state index is 4.06. The fraction of sp³-hybridized carbons (Fsp3) is 0.833. The van der Waals surface area contributed by atoms with Gasteiger partial charge in [0.05, 0.1) is 0 Å². The Hall–Kier alpha value is -0.500. The van der Waals surface area contributed by atoms with E-state index in [9.17, 15) is 0 Å². The van der Waals surface area contributed by atoms with Crippen molar-refractivity contribution in [1.29, 1.82) is 0 Å². The first-order valence-electron chi connectivity index (χ1n) is 5.61. The fourth-order valence-corrected chi connectivity index (χ4v) is 2.54.